The minimum absolute atomic E-state index is 0.0341. The van der Waals surface area contributed by atoms with Crippen LogP contribution in [0, 0.1) is 18.2 Å². The van der Waals surface area contributed by atoms with E-state index in [1.807, 2.05) is 6.92 Å². The Balaban J connectivity index is 2.90. The van der Waals surface area contributed by atoms with Crippen LogP contribution in [0.15, 0.2) is 18.2 Å². The molecule has 0 heterocycles. The highest BCUT2D eigenvalue weighted by Gasteiger charge is 2.21. The molecule has 0 aromatic heterocycles. The third-order valence-corrected chi connectivity index (χ3v) is 2.88. The molecule has 0 saturated heterocycles. The van der Waals surface area contributed by atoms with E-state index in [9.17, 15) is 4.39 Å². The van der Waals surface area contributed by atoms with E-state index in [-0.39, 0.29) is 11.7 Å². The first-order chi connectivity index (χ1) is 9.10. The van der Waals surface area contributed by atoms with Crippen LogP contribution in [0.25, 0.3) is 0 Å². The molecule has 0 aliphatic heterocycles. The van der Waals surface area contributed by atoms with Crippen LogP contribution in [0.1, 0.15) is 30.6 Å². The van der Waals surface area contributed by atoms with Gasteiger partial charge in [-0.05, 0) is 43.5 Å². The minimum Gasteiger partial charge on any atom is -0.479 e. The SMILES string of the molecule is CCOC(=N)C(OCCCCl)c1ccc(F)cc1C. The van der Waals surface area contributed by atoms with Crippen LogP contribution in [0.3, 0.4) is 0 Å². The number of alkyl halides is 1. The van der Waals surface area contributed by atoms with Gasteiger partial charge in [0.1, 0.15) is 5.82 Å². The zero-order valence-electron chi connectivity index (χ0n) is 11.2. The normalized spacial score (nSPS) is 12.2. The maximum Gasteiger partial charge on any atom is 0.215 e. The van der Waals surface area contributed by atoms with Crippen LogP contribution < -0.4 is 0 Å². The molecule has 1 rings (SSSR count). The lowest BCUT2D eigenvalue weighted by Crippen LogP contribution is -2.20. The molecule has 0 aliphatic carbocycles. The monoisotopic (exact) mass is 287 g/mol. The lowest BCUT2D eigenvalue weighted by atomic mass is 10.0. The molecule has 0 spiro atoms. The highest BCUT2D eigenvalue weighted by molar-refractivity contribution is 6.17. The summed E-state index contributed by atoms with van der Waals surface area (Å²) in [4.78, 5) is 0. The standard InChI is InChI=1S/C14H19ClFNO2/c1-3-18-14(17)13(19-8-4-7-15)12-6-5-11(16)9-10(12)2/h5-6,9,13,17H,3-4,7-8H2,1-2H3. The second kappa shape index (κ2) is 8.12. The topological polar surface area (TPSA) is 42.3 Å². The smallest absolute Gasteiger partial charge is 0.215 e. The van der Waals surface area contributed by atoms with E-state index >= 15 is 0 Å². The summed E-state index contributed by atoms with van der Waals surface area (Å²) in [6.45, 7) is 4.42. The van der Waals surface area contributed by atoms with E-state index in [4.69, 9.17) is 26.5 Å². The Bertz CT molecular complexity index is 426. The summed E-state index contributed by atoms with van der Waals surface area (Å²) >= 11 is 5.61. The van der Waals surface area contributed by atoms with E-state index < -0.39 is 6.10 Å². The molecule has 1 atom stereocenters. The maximum atomic E-state index is 13.1. The van der Waals surface area contributed by atoms with Crippen LogP contribution in [0.5, 0.6) is 0 Å². The molecule has 5 heteroatoms. The summed E-state index contributed by atoms with van der Waals surface area (Å²) in [5.74, 6) is 0.229. The Hall–Kier alpha value is -1.13. The molecular weight excluding hydrogens is 269 g/mol. The fourth-order valence-electron chi connectivity index (χ4n) is 1.73. The molecule has 1 aromatic carbocycles. The van der Waals surface area contributed by atoms with Crippen molar-refractivity contribution >= 4 is 17.5 Å². The van der Waals surface area contributed by atoms with Crippen LogP contribution in [-0.2, 0) is 9.47 Å². The van der Waals surface area contributed by atoms with E-state index in [0.717, 1.165) is 11.1 Å². The lowest BCUT2D eigenvalue weighted by Gasteiger charge is -2.20. The van der Waals surface area contributed by atoms with Crippen LogP contribution in [0.2, 0.25) is 0 Å². The summed E-state index contributed by atoms with van der Waals surface area (Å²) in [6, 6.07) is 4.41. The molecule has 0 fully saturated rings. The first-order valence-electron chi connectivity index (χ1n) is 6.25. The Morgan fingerprint density at radius 2 is 2.21 bits per heavy atom. The molecule has 0 saturated carbocycles. The van der Waals surface area contributed by atoms with Crippen molar-refractivity contribution in [3.63, 3.8) is 0 Å². The Morgan fingerprint density at radius 3 is 2.79 bits per heavy atom. The average molecular weight is 288 g/mol. The molecule has 0 radical (unpaired) electrons. The number of hydrogen-bond acceptors (Lipinski definition) is 3. The molecule has 1 aromatic rings. The zero-order valence-corrected chi connectivity index (χ0v) is 12.0. The fraction of sp³-hybridized carbons (Fsp3) is 0.500. The zero-order chi connectivity index (χ0) is 14.3. The largest absolute Gasteiger partial charge is 0.479 e. The van der Waals surface area contributed by atoms with Gasteiger partial charge in [0, 0.05) is 12.5 Å². The second-order valence-corrected chi connectivity index (χ2v) is 4.47. The summed E-state index contributed by atoms with van der Waals surface area (Å²) in [7, 11) is 0. The van der Waals surface area contributed by atoms with Crippen LogP contribution in [-0.4, -0.2) is 25.0 Å². The third kappa shape index (κ3) is 4.80. The number of benzene rings is 1. The van der Waals surface area contributed by atoms with Gasteiger partial charge in [-0.1, -0.05) is 6.07 Å². The van der Waals surface area contributed by atoms with Gasteiger partial charge in [-0.25, -0.2) is 4.39 Å². The van der Waals surface area contributed by atoms with E-state index in [1.54, 1.807) is 13.0 Å². The second-order valence-electron chi connectivity index (χ2n) is 4.09. The molecule has 0 amide bonds. The number of hydrogen-bond donors (Lipinski definition) is 1. The van der Waals surface area contributed by atoms with Crippen molar-refractivity contribution < 1.29 is 13.9 Å². The fourth-order valence-corrected chi connectivity index (χ4v) is 1.84. The van der Waals surface area contributed by atoms with Gasteiger partial charge in [-0.15, -0.1) is 11.6 Å². The number of ether oxygens (including phenoxy) is 2. The molecule has 0 bridgehead atoms. The van der Waals surface area contributed by atoms with Crippen molar-refractivity contribution in [1.29, 1.82) is 5.41 Å². The first-order valence-corrected chi connectivity index (χ1v) is 6.78. The maximum absolute atomic E-state index is 13.1. The van der Waals surface area contributed by atoms with Gasteiger partial charge < -0.3 is 9.47 Å². The predicted molar refractivity (Wildman–Crippen MR) is 74.5 cm³/mol. The molecule has 0 aliphatic rings. The van der Waals surface area contributed by atoms with Crippen molar-refractivity contribution in [2.24, 2.45) is 0 Å². The Labute approximate surface area is 118 Å². The van der Waals surface area contributed by atoms with Gasteiger partial charge in [-0.3, -0.25) is 5.41 Å². The van der Waals surface area contributed by atoms with Crippen molar-refractivity contribution in [3.05, 3.63) is 35.1 Å². The Morgan fingerprint density at radius 1 is 1.47 bits per heavy atom. The highest BCUT2D eigenvalue weighted by atomic mass is 35.5. The Kier molecular flexibility index (Phi) is 6.81. The predicted octanol–water partition coefficient (Wildman–Crippen LogP) is 3.83. The van der Waals surface area contributed by atoms with E-state index in [1.165, 1.54) is 12.1 Å². The third-order valence-electron chi connectivity index (χ3n) is 2.61. The van der Waals surface area contributed by atoms with Crippen molar-refractivity contribution in [1.82, 2.24) is 0 Å². The first kappa shape index (κ1) is 15.9. The molecular formula is C14H19ClFNO2. The summed E-state index contributed by atoms with van der Waals surface area (Å²) < 4.78 is 24.0. The summed E-state index contributed by atoms with van der Waals surface area (Å²) in [5.41, 5.74) is 1.48. The quantitative estimate of drug-likeness (QED) is 0.358. The van der Waals surface area contributed by atoms with Crippen molar-refractivity contribution in [3.8, 4) is 0 Å². The lowest BCUT2D eigenvalue weighted by molar-refractivity contribution is 0.0778. The van der Waals surface area contributed by atoms with Gasteiger partial charge in [0.25, 0.3) is 0 Å². The minimum atomic E-state index is -0.608. The number of aryl methyl sites for hydroxylation is 1. The highest BCUT2D eigenvalue weighted by Crippen LogP contribution is 2.24. The van der Waals surface area contributed by atoms with Gasteiger partial charge in [0.2, 0.25) is 5.90 Å². The van der Waals surface area contributed by atoms with Gasteiger partial charge in [0.15, 0.2) is 6.10 Å². The molecule has 106 valence electrons. The number of rotatable bonds is 7. The van der Waals surface area contributed by atoms with E-state index in [2.05, 4.69) is 0 Å². The summed E-state index contributed by atoms with van der Waals surface area (Å²) in [5, 5.41) is 7.90. The van der Waals surface area contributed by atoms with Crippen LogP contribution in [0.4, 0.5) is 4.39 Å². The molecule has 3 nitrogen and oxygen atoms in total. The van der Waals surface area contributed by atoms with Gasteiger partial charge >= 0.3 is 0 Å². The van der Waals surface area contributed by atoms with Crippen LogP contribution >= 0.6 is 11.6 Å². The number of nitrogens with one attached hydrogen (secondary N) is 1. The molecule has 1 unspecified atom stereocenters. The van der Waals surface area contributed by atoms with E-state index in [0.29, 0.717) is 25.5 Å². The van der Waals surface area contributed by atoms with Gasteiger partial charge in [0.05, 0.1) is 6.61 Å². The molecule has 1 N–H and O–H groups in total. The molecule has 19 heavy (non-hydrogen) atoms. The van der Waals surface area contributed by atoms with Gasteiger partial charge in [-0.2, -0.15) is 0 Å². The average Bonchev–Trinajstić information content (AvgIpc) is 2.36. The summed E-state index contributed by atoms with van der Waals surface area (Å²) in [6.07, 6.45) is 0.0845. The van der Waals surface area contributed by atoms with Crippen molar-refractivity contribution in [2.75, 3.05) is 19.1 Å². The van der Waals surface area contributed by atoms with Crippen molar-refractivity contribution in [2.45, 2.75) is 26.4 Å². The number of halogens is 2.